The highest BCUT2D eigenvalue weighted by Crippen LogP contribution is 2.26. The number of nitrogens with one attached hydrogen (secondary N) is 1. The number of aromatic nitrogens is 1. The van der Waals surface area contributed by atoms with Crippen LogP contribution in [0, 0.1) is 17.2 Å². The summed E-state index contributed by atoms with van der Waals surface area (Å²) in [5.74, 6) is -0.563. The smallest absolute Gasteiger partial charge is 0.336 e. The molecule has 5 nitrogen and oxygen atoms in total. The Kier molecular flexibility index (Phi) is 5.59. The lowest BCUT2D eigenvalue weighted by atomic mass is 9.92. The molecule has 1 heterocycles. The predicted molar refractivity (Wildman–Crippen MR) is 77.3 cm³/mol. The van der Waals surface area contributed by atoms with E-state index >= 15 is 0 Å². The van der Waals surface area contributed by atoms with Gasteiger partial charge in [-0.3, -0.25) is 9.59 Å². The van der Waals surface area contributed by atoms with Crippen molar-refractivity contribution in [3.63, 3.8) is 0 Å². The molecule has 0 unspecified atom stereocenters. The van der Waals surface area contributed by atoms with E-state index in [1.807, 2.05) is 19.9 Å². The third-order valence-electron chi connectivity index (χ3n) is 3.12. The molecule has 0 aliphatic carbocycles. The average molecular weight is 329 g/mol. The van der Waals surface area contributed by atoms with Crippen molar-refractivity contribution in [1.29, 1.82) is 5.26 Å². The van der Waals surface area contributed by atoms with Gasteiger partial charge in [-0.1, -0.05) is 13.8 Å². The van der Waals surface area contributed by atoms with Crippen molar-refractivity contribution in [1.82, 2.24) is 9.88 Å². The third kappa shape index (κ3) is 5.13. The molecule has 1 aromatic heterocycles. The molecule has 23 heavy (non-hydrogen) atoms. The molecule has 1 amide bonds. The van der Waals surface area contributed by atoms with Crippen LogP contribution in [0.25, 0.3) is 0 Å². The van der Waals surface area contributed by atoms with Crippen LogP contribution in [-0.4, -0.2) is 16.0 Å². The van der Waals surface area contributed by atoms with Gasteiger partial charge in [0.15, 0.2) is 0 Å². The van der Waals surface area contributed by atoms with Crippen molar-refractivity contribution in [3.05, 3.63) is 34.2 Å². The van der Waals surface area contributed by atoms with Crippen LogP contribution in [0.15, 0.2) is 23.1 Å². The first kappa shape index (κ1) is 18.7. The maximum atomic E-state index is 12.7. The largest absolute Gasteiger partial charge is 0.421 e. The summed E-state index contributed by atoms with van der Waals surface area (Å²) in [4.78, 5) is 23.7. The van der Waals surface area contributed by atoms with Crippen LogP contribution in [-0.2, 0) is 17.5 Å². The highest BCUT2D eigenvalue weighted by Gasteiger charge is 2.34. The first-order valence-electron chi connectivity index (χ1n) is 6.97. The molecule has 0 saturated carbocycles. The number of carbonyl (C=O) groups is 1. The Morgan fingerprint density at radius 2 is 2.04 bits per heavy atom. The SMILES string of the molecule is CC(C)C[C@@](C)(C#N)NC(=O)Cn1cccc(C(F)(F)F)c1=O. The van der Waals surface area contributed by atoms with Crippen LogP contribution in [0.1, 0.15) is 32.8 Å². The van der Waals surface area contributed by atoms with Gasteiger partial charge in [0.1, 0.15) is 17.6 Å². The zero-order chi connectivity index (χ0) is 17.8. The topological polar surface area (TPSA) is 74.9 Å². The number of amides is 1. The molecular formula is C15H18F3N3O2. The van der Waals surface area contributed by atoms with Gasteiger partial charge in [0.25, 0.3) is 5.56 Å². The Morgan fingerprint density at radius 3 is 2.52 bits per heavy atom. The molecule has 0 aliphatic heterocycles. The van der Waals surface area contributed by atoms with Crippen LogP contribution in [0.4, 0.5) is 13.2 Å². The Hall–Kier alpha value is -2.30. The minimum Gasteiger partial charge on any atom is -0.336 e. The van der Waals surface area contributed by atoms with E-state index < -0.39 is 35.3 Å². The molecule has 1 rings (SSSR count). The number of nitrogens with zero attached hydrogens (tertiary/aromatic N) is 2. The minimum absolute atomic E-state index is 0.135. The standard InChI is InChI=1S/C15H18F3N3O2/c1-10(2)7-14(3,9-19)20-12(22)8-21-6-4-5-11(13(21)23)15(16,17)18/h4-6,10H,7-8H2,1-3H3,(H,20,22)/t14-/m0/s1. The van der Waals surface area contributed by atoms with Gasteiger partial charge in [0, 0.05) is 6.20 Å². The van der Waals surface area contributed by atoms with E-state index in [2.05, 4.69) is 5.32 Å². The van der Waals surface area contributed by atoms with E-state index in [4.69, 9.17) is 0 Å². The summed E-state index contributed by atoms with van der Waals surface area (Å²) >= 11 is 0. The van der Waals surface area contributed by atoms with Gasteiger partial charge in [-0.2, -0.15) is 18.4 Å². The molecule has 0 aliphatic rings. The molecule has 1 aromatic rings. The molecule has 0 aromatic carbocycles. The molecule has 8 heteroatoms. The summed E-state index contributed by atoms with van der Waals surface area (Å²) < 4.78 is 38.7. The van der Waals surface area contributed by atoms with Crippen molar-refractivity contribution in [3.8, 4) is 6.07 Å². The summed E-state index contributed by atoms with van der Waals surface area (Å²) in [6.07, 6.45) is -3.30. The molecule has 1 N–H and O–H groups in total. The summed E-state index contributed by atoms with van der Waals surface area (Å²) in [6, 6.07) is 3.69. The van der Waals surface area contributed by atoms with Crippen molar-refractivity contribution < 1.29 is 18.0 Å². The third-order valence-corrected chi connectivity index (χ3v) is 3.12. The summed E-state index contributed by atoms with van der Waals surface area (Å²) in [7, 11) is 0. The van der Waals surface area contributed by atoms with Gasteiger partial charge in [-0.25, -0.2) is 0 Å². The van der Waals surface area contributed by atoms with Gasteiger partial charge in [0.05, 0.1) is 6.07 Å². The molecule has 126 valence electrons. The van der Waals surface area contributed by atoms with Crippen LogP contribution < -0.4 is 10.9 Å². The number of hydrogen-bond acceptors (Lipinski definition) is 3. The molecule has 0 radical (unpaired) electrons. The van der Waals surface area contributed by atoms with Gasteiger partial charge in [0.2, 0.25) is 5.91 Å². The summed E-state index contributed by atoms with van der Waals surface area (Å²) in [6.45, 7) is 4.69. The number of pyridine rings is 1. The Morgan fingerprint density at radius 1 is 1.43 bits per heavy atom. The van der Waals surface area contributed by atoms with Crippen LogP contribution in [0.3, 0.4) is 0 Å². The monoisotopic (exact) mass is 329 g/mol. The van der Waals surface area contributed by atoms with E-state index in [-0.39, 0.29) is 5.92 Å². The maximum Gasteiger partial charge on any atom is 0.421 e. The Labute approximate surface area is 131 Å². The number of rotatable bonds is 5. The van der Waals surface area contributed by atoms with Crippen molar-refractivity contribution in [2.24, 2.45) is 5.92 Å². The molecule has 0 bridgehead atoms. The normalized spacial score (nSPS) is 14.2. The highest BCUT2D eigenvalue weighted by atomic mass is 19.4. The lowest BCUT2D eigenvalue weighted by Crippen LogP contribution is -2.47. The second-order valence-corrected chi connectivity index (χ2v) is 5.94. The maximum absolute atomic E-state index is 12.7. The van der Waals surface area contributed by atoms with E-state index in [0.29, 0.717) is 17.1 Å². The lowest BCUT2D eigenvalue weighted by molar-refractivity contribution is -0.139. The molecular weight excluding hydrogens is 311 g/mol. The van der Waals surface area contributed by atoms with E-state index in [1.165, 1.54) is 6.92 Å². The molecule has 1 atom stereocenters. The number of nitriles is 1. The fraction of sp³-hybridized carbons (Fsp3) is 0.533. The van der Waals surface area contributed by atoms with Crippen molar-refractivity contribution in [2.75, 3.05) is 0 Å². The van der Waals surface area contributed by atoms with Crippen LogP contribution in [0.5, 0.6) is 0 Å². The molecule has 0 saturated heterocycles. The van der Waals surface area contributed by atoms with Crippen molar-refractivity contribution in [2.45, 2.75) is 45.5 Å². The van der Waals surface area contributed by atoms with E-state index in [9.17, 15) is 28.0 Å². The van der Waals surface area contributed by atoms with Crippen LogP contribution in [0.2, 0.25) is 0 Å². The number of hydrogen-bond donors (Lipinski definition) is 1. The Balaban J connectivity index is 2.95. The molecule has 0 spiro atoms. The summed E-state index contributed by atoms with van der Waals surface area (Å²) in [5, 5.41) is 11.6. The summed E-state index contributed by atoms with van der Waals surface area (Å²) in [5.41, 5.74) is -3.77. The van der Waals surface area contributed by atoms with Gasteiger partial charge in [-0.15, -0.1) is 0 Å². The average Bonchev–Trinajstić information content (AvgIpc) is 2.38. The van der Waals surface area contributed by atoms with Gasteiger partial charge >= 0.3 is 6.18 Å². The minimum atomic E-state index is -4.78. The first-order valence-corrected chi connectivity index (χ1v) is 6.97. The predicted octanol–water partition coefficient (Wildman–Crippen LogP) is 2.31. The van der Waals surface area contributed by atoms with Gasteiger partial charge < -0.3 is 9.88 Å². The van der Waals surface area contributed by atoms with E-state index in [0.717, 1.165) is 12.3 Å². The number of alkyl halides is 3. The van der Waals surface area contributed by atoms with Gasteiger partial charge in [-0.05, 0) is 31.4 Å². The first-order chi connectivity index (χ1) is 10.5. The highest BCUT2D eigenvalue weighted by molar-refractivity contribution is 5.77. The zero-order valence-corrected chi connectivity index (χ0v) is 13.1. The Bertz CT molecular complexity index is 674. The van der Waals surface area contributed by atoms with E-state index in [1.54, 1.807) is 0 Å². The fourth-order valence-corrected chi connectivity index (χ4v) is 2.32. The second-order valence-electron chi connectivity index (χ2n) is 5.94. The number of halogens is 3. The quantitative estimate of drug-likeness (QED) is 0.901. The van der Waals surface area contributed by atoms with Crippen LogP contribution >= 0.6 is 0 Å². The lowest BCUT2D eigenvalue weighted by Gasteiger charge is -2.25. The number of carbonyl (C=O) groups excluding carboxylic acids is 1. The zero-order valence-electron chi connectivity index (χ0n) is 13.1. The molecule has 0 fully saturated rings. The fourth-order valence-electron chi connectivity index (χ4n) is 2.32. The van der Waals surface area contributed by atoms with Crippen molar-refractivity contribution >= 4 is 5.91 Å². The second kappa shape index (κ2) is 6.86.